The van der Waals surface area contributed by atoms with E-state index >= 15 is 0 Å². The zero-order chi connectivity index (χ0) is 24.5. The predicted octanol–water partition coefficient (Wildman–Crippen LogP) is 5.13. The van der Waals surface area contributed by atoms with Crippen LogP contribution in [0.25, 0.3) is 17.1 Å². The van der Waals surface area contributed by atoms with Crippen LogP contribution in [0.3, 0.4) is 0 Å². The molecule has 0 N–H and O–H groups in total. The number of benzene rings is 2. The largest absolute Gasteiger partial charge is 0.495 e. The molecule has 1 aliphatic heterocycles. The third-order valence-corrected chi connectivity index (χ3v) is 6.94. The minimum atomic E-state index is -0.117. The highest BCUT2D eigenvalue weighted by atomic mass is 35.5. The molecule has 2 amide bonds. The van der Waals surface area contributed by atoms with Gasteiger partial charge in [-0.1, -0.05) is 68.4 Å². The first-order valence-corrected chi connectivity index (χ1v) is 12.4. The van der Waals surface area contributed by atoms with Gasteiger partial charge >= 0.3 is 0 Å². The maximum atomic E-state index is 11.9. The number of carbonyl (C=O) groups is 2. The third-order valence-electron chi connectivity index (χ3n) is 5.74. The van der Waals surface area contributed by atoms with Crippen molar-refractivity contribution in [1.29, 1.82) is 0 Å². The topological polar surface area (TPSA) is 77.3 Å². The molecule has 178 valence electrons. The Labute approximate surface area is 208 Å². The van der Waals surface area contributed by atoms with E-state index in [-0.39, 0.29) is 17.2 Å². The van der Waals surface area contributed by atoms with E-state index in [1.165, 1.54) is 22.2 Å². The van der Waals surface area contributed by atoms with Gasteiger partial charge < -0.3 is 4.74 Å². The lowest BCUT2D eigenvalue weighted by molar-refractivity contribution is -0.137. The van der Waals surface area contributed by atoms with Gasteiger partial charge in [0.1, 0.15) is 5.75 Å². The zero-order valence-electron chi connectivity index (χ0n) is 19.7. The van der Waals surface area contributed by atoms with Crippen LogP contribution in [0.15, 0.2) is 47.6 Å². The normalized spacial score (nSPS) is 14.2. The molecule has 3 aromatic rings. The number of hydrogen-bond donors (Lipinski definition) is 0. The molecule has 0 aliphatic carbocycles. The molecule has 0 atom stereocenters. The van der Waals surface area contributed by atoms with Crippen LogP contribution in [0.2, 0.25) is 5.02 Å². The maximum absolute atomic E-state index is 11.9. The molecule has 0 radical (unpaired) electrons. The Morgan fingerprint density at radius 2 is 1.71 bits per heavy atom. The smallest absolute Gasteiger partial charge is 0.229 e. The maximum Gasteiger partial charge on any atom is 0.229 e. The highest BCUT2D eigenvalue weighted by Gasteiger charge is 2.28. The number of rotatable bonds is 7. The molecule has 4 rings (SSSR count). The number of carbonyl (C=O) groups excluding carboxylic acids is 2. The first-order valence-electron chi connectivity index (χ1n) is 11.1. The highest BCUT2D eigenvalue weighted by Crippen LogP contribution is 2.33. The average molecular weight is 499 g/mol. The van der Waals surface area contributed by atoms with E-state index in [0.29, 0.717) is 46.9 Å². The summed E-state index contributed by atoms with van der Waals surface area (Å²) in [6.45, 7) is 6.87. The van der Waals surface area contributed by atoms with Crippen LogP contribution < -0.4 is 4.74 Å². The number of methoxy groups -OCH3 is 1. The molecule has 1 saturated heterocycles. The molecular weight excluding hydrogens is 472 g/mol. The summed E-state index contributed by atoms with van der Waals surface area (Å²) in [4.78, 5) is 25.2. The molecule has 0 spiro atoms. The zero-order valence-corrected chi connectivity index (χ0v) is 21.2. The van der Waals surface area contributed by atoms with Gasteiger partial charge in [-0.2, -0.15) is 0 Å². The van der Waals surface area contributed by atoms with E-state index in [1.54, 1.807) is 13.2 Å². The van der Waals surface area contributed by atoms with E-state index in [9.17, 15) is 9.59 Å². The van der Waals surface area contributed by atoms with E-state index < -0.39 is 0 Å². The Morgan fingerprint density at radius 1 is 1.03 bits per heavy atom. The Morgan fingerprint density at radius 3 is 2.29 bits per heavy atom. The molecule has 0 bridgehead atoms. The number of imide groups is 1. The molecular formula is C25H27ClN4O3S. The molecule has 1 aromatic heterocycles. The lowest BCUT2D eigenvalue weighted by Crippen LogP contribution is -2.31. The number of amides is 2. The predicted molar refractivity (Wildman–Crippen MR) is 134 cm³/mol. The summed E-state index contributed by atoms with van der Waals surface area (Å²) in [6, 6.07) is 13.8. The van der Waals surface area contributed by atoms with Crippen molar-refractivity contribution in [2.45, 2.75) is 44.2 Å². The number of thioether (sulfide) groups is 1. The van der Waals surface area contributed by atoms with Gasteiger partial charge in [0.15, 0.2) is 11.0 Å². The molecule has 0 saturated carbocycles. The van der Waals surface area contributed by atoms with Crippen molar-refractivity contribution in [2.24, 2.45) is 0 Å². The summed E-state index contributed by atoms with van der Waals surface area (Å²) in [6.07, 6.45) is 0.581. The first kappa shape index (κ1) is 24.3. The van der Waals surface area contributed by atoms with Crippen LogP contribution in [0.1, 0.15) is 39.2 Å². The molecule has 1 fully saturated rings. The second-order valence-electron chi connectivity index (χ2n) is 9.08. The summed E-state index contributed by atoms with van der Waals surface area (Å²) >= 11 is 7.86. The molecule has 7 nitrogen and oxygen atoms in total. The Bertz CT molecular complexity index is 1200. The number of aromatic nitrogens is 3. The van der Waals surface area contributed by atoms with Crippen molar-refractivity contribution in [1.82, 2.24) is 19.7 Å². The van der Waals surface area contributed by atoms with Crippen LogP contribution in [0.4, 0.5) is 0 Å². The lowest BCUT2D eigenvalue weighted by atomic mass is 9.87. The number of hydrogen-bond acceptors (Lipinski definition) is 6. The van der Waals surface area contributed by atoms with E-state index in [4.69, 9.17) is 16.3 Å². The SMILES string of the molecule is COc1ccc(-n2c(SCCN3C(=O)CCC3=O)nnc2-c2ccc(C(C)(C)C)cc2)cc1Cl. The van der Waals surface area contributed by atoms with Gasteiger partial charge in [0.05, 0.1) is 17.8 Å². The van der Waals surface area contributed by atoms with E-state index in [2.05, 4.69) is 43.1 Å². The second kappa shape index (κ2) is 9.80. The number of halogens is 1. The standard InChI is InChI=1S/C25H27ClN4O3S/c1-25(2,3)17-7-5-16(6-8-17)23-27-28-24(34-14-13-29-21(31)11-12-22(29)32)30(23)18-9-10-20(33-4)19(26)15-18/h5-10,15H,11-14H2,1-4H3. The highest BCUT2D eigenvalue weighted by molar-refractivity contribution is 7.99. The van der Waals surface area contributed by atoms with Gasteiger partial charge in [-0.05, 0) is 29.2 Å². The monoisotopic (exact) mass is 498 g/mol. The first-order chi connectivity index (χ1) is 16.2. The Kier molecular flexibility index (Phi) is 7.00. The van der Waals surface area contributed by atoms with Crippen molar-refractivity contribution >= 4 is 35.2 Å². The van der Waals surface area contributed by atoms with Gasteiger partial charge in [0.25, 0.3) is 0 Å². The van der Waals surface area contributed by atoms with Gasteiger partial charge in [-0.3, -0.25) is 19.1 Å². The molecule has 1 aliphatic rings. The molecule has 2 heterocycles. The Balaban J connectivity index is 1.68. The molecule has 2 aromatic carbocycles. The van der Waals surface area contributed by atoms with Crippen molar-refractivity contribution in [3.05, 3.63) is 53.1 Å². The van der Waals surface area contributed by atoms with Crippen molar-refractivity contribution in [2.75, 3.05) is 19.4 Å². The van der Waals surface area contributed by atoms with E-state index in [1.807, 2.05) is 28.8 Å². The quantitative estimate of drug-likeness (QED) is 0.332. The summed E-state index contributed by atoms with van der Waals surface area (Å²) in [5.41, 5.74) is 2.98. The lowest BCUT2D eigenvalue weighted by Gasteiger charge is -2.19. The summed E-state index contributed by atoms with van der Waals surface area (Å²) in [5, 5.41) is 10.0. The summed E-state index contributed by atoms with van der Waals surface area (Å²) in [7, 11) is 1.57. The number of ether oxygens (including phenoxy) is 1. The van der Waals surface area contributed by atoms with Gasteiger partial charge in [-0.15, -0.1) is 10.2 Å². The number of nitrogens with zero attached hydrogens (tertiary/aromatic N) is 4. The minimum absolute atomic E-state index is 0.0428. The van der Waals surface area contributed by atoms with Crippen molar-refractivity contribution in [3.8, 4) is 22.8 Å². The van der Waals surface area contributed by atoms with Gasteiger partial charge in [-0.25, -0.2) is 0 Å². The van der Waals surface area contributed by atoms with Crippen LogP contribution in [0.5, 0.6) is 5.75 Å². The second-order valence-corrected chi connectivity index (χ2v) is 10.5. The van der Waals surface area contributed by atoms with Crippen LogP contribution >= 0.6 is 23.4 Å². The fraction of sp³-hybridized carbons (Fsp3) is 0.360. The fourth-order valence-corrected chi connectivity index (χ4v) is 4.93. The average Bonchev–Trinajstić information content (AvgIpc) is 3.37. The van der Waals surface area contributed by atoms with E-state index in [0.717, 1.165) is 11.3 Å². The van der Waals surface area contributed by atoms with Gasteiger partial charge in [0.2, 0.25) is 11.8 Å². The van der Waals surface area contributed by atoms with Crippen molar-refractivity contribution < 1.29 is 14.3 Å². The molecule has 0 unspecified atom stereocenters. The van der Waals surface area contributed by atoms with Crippen LogP contribution in [-0.2, 0) is 15.0 Å². The summed E-state index contributed by atoms with van der Waals surface area (Å²) < 4.78 is 7.24. The van der Waals surface area contributed by atoms with Crippen LogP contribution in [-0.4, -0.2) is 50.9 Å². The third kappa shape index (κ3) is 4.98. The Hall–Kier alpha value is -2.84. The minimum Gasteiger partial charge on any atom is -0.495 e. The van der Waals surface area contributed by atoms with Crippen molar-refractivity contribution in [3.63, 3.8) is 0 Å². The summed E-state index contributed by atoms with van der Waals surface area (Å²) in [5.74, 6) is 1.54. The van der Waals surface area contributed by atoms with Crippen LogP contribution in [0, 0.1) is 0 Å². The molecule has 9 heteroatoms. The molecule has 34 heavy (non-hydrogen) atoms. The van der Waals surface area contributed by atoms with Gasteiger partial charge in [0, 0.05) is 30.7 Å². The fourth-order valence-electron chi connectivity index (χ4n) is 3.80. The number of likely N-dealkylation sites (tertiary alicyclic amines) is 1.